The Bertz CT molecular complexity index is 402. The summed E-state index contributed by atoms with van der Waals surface area (Å²) >= 11 is 0. The van der Waals surface area contributed by atoms with E-state index in [-0.39, 0.29) is 11.9 Å². The first-order valence-electron chi connectivity index (χ1n) is 6.79. The molecular formula is C15H22N2O2. The number of likely N-dealkylation sites (N-methyl/N-ethyl adjacent to an activating group) is 1. The molecule has 4 heteroatoms. The molecule has 0 spiro atoms. The van der Waals surface area contributed by atoms with Crippen LogP contribution >= 0.6 is 0 Å². The Kier molecular flexibility index (Phi) is 4.93. The van der Waals surface area contributed by atoms with Gasteiger partial charge in [-0.15, -0.1) is 0 Å². The average Bonchev–Trinajstić information content (AvgIpc) is 2.47. The van der Waals surface area contributed by atoms with Gasteiger partial charge in [0.1, 0.15) is 0 Å². The van der Waals surface area contributed by atoms with E-state index in [2.05, 4.69) is 24.0 Å². The zero-order chi connectivity index (χ0) is 13.7. The Hall–Kier alpha value is -1.39. The fourth-order valence-corrected chi connectivity index (χ4v) is 2.23. The SMILES string of the molecule is CC(c1ccccc1)N(C)C(=O)CN1CCOCC1. The van der Waals surface area contributed by atoms with Crippen LogP contribution in [0.5, 0.6) is 0 Å². The minimum Gasteiger partial charge on any atom is -0.379 e. The molecule has 1 aromatic rings. The van der Waals surface area contributed by atoms with Crippen LogP contribution in [0.25, 0.3) is 0 Å². The number of hydrogen-bond acceptors (Lipinski definition) is 3. The number of benzene rings is 1. The maximum Gasteiger partial charge on any atom is 0.236 e. The molecule has 1 aliphatic heterocycles. The molecular weight excluding hydrogens is 240 g/mol. The maximum absolute atomic E-state index is 12.3. The predicted octanol–water partition coefficient (Wildman–Crippen LogP) is 1.54. The van der Waals surface area contributed by atoms with Crippen molar-refractivity contribution in [3.63, 3.8) is 0 Å². The quantitative estimate of drug-likeness (QED) is 0.825. The van der Waals surface area contributed by atoms with Crippen LogP contribution in [0.15, 0.2) is 30.3 Å². The van der Waals surface area contributed by atoms with E-state index in [1.165, 1.54) is 5.56 Å². The van der Waals surface area contributed by atoms with Gasteiger partial charge in [-0.05, 0) is 12.5 Å². The molecule has 1 atom stereocenters. The van der Waals surface area contributed by atoms with Crippen molar-refractivity contribution < 1.29 is 9.53 Å². The van der Waals surface area contributed by atoms with Gasteiger partial charge in [0.25, 0.3) is 0 Å². The van der Waals surface area contributed by atoms with E-state index >= 15 is 0 Å². The fraction of sp³-hybridized carbons (Fsp3) is 0.533. The highest BCUT2D eigenvalue weighted by molar-refractivity contribution is 5.78. The van der Waals surface area contributed by atoms with Crippen molar-refractivity contribution in [2.75, 3.05) is 39.9 Å². The van der Waals surface area contributed by atoms with Crippen molar-refractivity contribution >= 4 is 5.91 Å². The Morgan fingerprint density at radius 3 is 2.58 bits per heavy atom. The molecule has 1 unspecified atom stereocenters. The number of carbonyl (C=O) groups is 1. The van der Waals surface area contributed by atoms with Crippen molar-refractivity contribution in [2.45, 2.75) is 13.0 Å². The second kappa shape index (κ2) is 6.68. The van der Waals surface area contributed by atoms with Gasteiger partial charge in [0.2, 0.25) is 5.91 Å². The summed E-state index contributed by atoms with van der Waals surface area (Å²) in [6.45, 7) is 5.69. The molecule has 1 aliphatic rings. The van der Waals surface area contributed by atoms with Crippen LogP contribution in [-0.4, -0.2) is 55.6 Å². The van der Waals surface area contributed by atoms with Crippen LogP contribution in [0.3, 0.4) is 0 Å². The highest BCUT2D eigenvalue weighted by atomic mass is 16.5. The molecule has 19 heavy (non-hydrogen) atoms. The molecule has 0 radical (unpaired) electrons. The van der Waals surface area contributed by atoms with Crippen molar-refractivity contribution in [3.8, 4) is 0 Å². The van der Waals surface area contributed by atoms with Crippen LogP contribution < -0.4 is 0 Å². The Morgan fingerprint density at radius 2 is 1.95 bits per heavy atom. The standard InChI is InChI=1S/C15H22N2O2/c1-13(14-6-4-3-5-7-14)16(2)15(18)12-17-8-10-19-11-9-17/h3-7,13H,8-12H2,1-2H3. The number of rotatable bonds is 4. The lowest BCUT2D eigenvalue weighted by molar-refractivity contribution is -0.134. The van der Waals surface area contributed by atoms with E-state index in [0.29, 0.717) is 6.54 Å². The van der Waals surface area contributed by atoms with Gasteiger partial charge in [0.05, 0.1) is 25.8 Å². The number of carbonyl (C=O) groups excluding carboxylic acids is 1. The first-order chi connectivity index (χ1) is 9.18. The van der Waals surface area contributed by atoms with Gasteiger partial charge < -0.3 is 9.64 Å². The van der Waals surface area contributed by atoms with E-state index in [1.54, 1.807) is 0 Å². The lowest BCUT2D eigenvalue weighted by Crippen LogP contribution is -2.44. The lowest BCUT2D eigenvalue weighted by atomic mass is 10.1. The number of morpholine rings is 1. The normalized spacial score (nSPS) is 18.0. The Labute approximate surface area is 115 Å². The van der Waals surface area contributed by atoms with Gasteiger partial charge in [-0.25, -0.2) is 0 Å². The summed E-state index contributed by atoms with van der Waals surface area (Å²) in [5.74, 6) is 0.165. The van der Waals surface area contributed by atoms with Gasteiger partial charge in [-0.1, -0.05) is 30.3 Å². The largest absolute Gasteiger partial charge is 0.379 e. The first-order valence-corrected chi connectivity index (χ1v) is 6.79. The predicted molar refractivity (Wildman–Crippen MR) is 74.9 cm³/mol. The molecule has 1 saturated heterocycles. The molecule has 2 rings (SSSR count). The monoisotopic (exact) mass is 262 g/mol. The molecule has 104 valence electrons. The zero-order valence-corrected chi connectivity index (χ0v) is 11.7. The number of hydrogen-bond donors (Lipinski definition) is 0. The van der Waals surface area contributed by atoms with Crippen molar-refractivity contribution in [2.24, 2.45) is 0 Å². The van der Waals surface area contributed by atoms with Crippen molar-refractivity contribution in [1.29, 1.82) is 0 Å². The molecule has 1 fully saturated rings. The second-order valence-electron chi connectivity index (χ2n) is 4.98. The third-order valence-electron chi connectivity index (χ3n) is 3.72. The lowest BCUT2D eigenvalue weighted by Gasteiger charge is -2.30. The summed E-state index contributed by atoms with van der Waals surface area (Å²) < 4.78 is 5.29. The van der Waals surface area contributed by atoms with E-state index in [4.69, 9.17) is 4.74 Å². The maximum atomic E-state index is 12.3. The molecule has 1 amide bonds. The summed E-state index contributed by atoms with van der Waals surface area (Å²) in [7, 11) is 1.88. The topological polar surface area (TPSA) is 32.8 Å². The molecule has 0 aromatic heterocycles. The van der Waals surface area contributed by atoms with Crippen molar-refractivity contribution in [3.05, 3.63) is 35.9 Å². The molecule has 1 aromatic carbocycles. The highest BCUT2D eigenvalue weighted by Gasteiger charge is 2.20. The zero-order valence-electron chi connectivity index (χ0n) is 11.7. The summed E-state index contributed by atoms with van der Waals surface area (Å²) in [6, 6.07) is 10.2. The third-order valence-corrected chi connectivity index (χ3v) is 3.72. The summed E-state index contributed by atoms with van der Waals surface area (Å²) in [5.41, 5.74) is 1.17. The summed E-state index contributed by atoms with van der Waals surface area (Å²) in [5, 5.41) is 0. The van der Waals surface area contributed by atoms with E-state index in [9.17, 15) is 4.79 Å². The Morgan fingerprint density at radius 1 is 1.32 bits per heavy atom. The van der Waals surface area contributed by atoms with Crippen molar-refractivity contribution in [1.82, 2.24) is 9.80 Å². The van der Waals surface area contributed by atoms with Gasteiger partial charge in [0, 0.05) is 20.1 Å². The Balaban J connectivity index is 1.91. The molecule has 1 heterocycles. The van der Waals surface area contributed by atoms with Crippen LogP contribution in [0.4, 0.5) is 0 Å². The van der Waals surface area contributed by atoms with E-state index < -0.39 is 0 Å². The van der Waals surface area contributed by atoms with Crippen LogP contribution in [0.2, 0.25) is 0 Å². The van der Waals surface area contributed by atoms with Gasteiger partial charge in [-0.2, -0.15) is 0 Å². The van der Waals surface area contributed by atoms with E-state index in [0.717, 1.165) is 26.3 Å². The minimum atomic E-state index is 0.106. The van der Waals surface area contributed by atoms with Crippen LogP contribution in [0.1, 0.15) is 18.5 Å². The smallest absolute Gasteiger partial charge is 0.236 e. The molecule has 0 N–H and O–H groups in total. The number of nitrogens with zero attached hydrogens (tertiary/aromatic N) is 2. The molecule has 0 bridgehead atoms. The molecule has 4 nitrogen and oxygen atoms in total. The van der Waals surface area contributed by atoms with Gasteiger partial charge in [0.15, 0.2) is 0 Å². The fourth-order valence-electron chi connectivity index (χ4n) is 2.23. The van der Waals surface area contributed by atoms with Gasteiger partial charge >= 0.3 is 0 Å². The van der Waals surface area contributed by atoms with Gasteiger partial charge in [-0.3, -0.25) is 9.69 Å². The summed E-state index contributed by atoms with van der Waals surface area (Å²) in [6.07, 6.45) is 0. The molecule has 0 aliphatic carbocycles. The second-order valence-corrected chi connectivity index (χ2v) is 4.98. The number of ether oxygens (including phenoxy) is 1. The first kappa shape index (κ1) is 14.0. The highest BCUT2D eigenvalue weighted by Crippen LogP contribution is 2.18. The third kappa shape index (κ3) is 3.78. The average molecular weight is 262 g/mol. The van der Waals surface area contributed by atoms with Crippen LogP contribution in [-0.2, 0) is 9.53 Å². The molecule has 0 saturated carbocycles. The van der Waals surface area contributed by atoms with Crippen LogP contribution in [0, 0.1) is 0 Å². The van der Waals surface area contributed by atoms with E-state index in [1.807, 2.05) is 30.1 Å². The number of amides is 1. The summed E-state index contributed by atoms with van der Waals surface area (Å²) in [4.78, 5) is 16.2. The minimum absolute atomic E-state index is 0.106.